The molecule has 1 spiro atoms. The van der Waals surface area contributed by atoms with E-state index in [1.54, 1.807) is 12.3 Å². The Morgan fingerprint density at radius 3 is 2.58 bits per heavy atom. The topological polar surface area (TPSA) is 71.8 Å². The second-order valence-electron chi connectivity index (χ2n) is 8.82. The van der Waals surface area contributed by atoms with Crippen LogP contribution in [-0.4, -0.2) is 50.3 Å². The normalized spacial score (nSPS) is 18.8. The lowest BCUT2D eigenvalue weighted by Gasteiger charge is -2.52. The molecule has 0 amide bonds. The molecule has 1 aliphatic heterocycles. The van der Waals surface area contributed by atoms with Gasteiger partial charge in [-0.3, -0.25) is 4.98 Å². The summed E-state index contributed by atoms with van der Waals surface area (Å²) in [5, 5.41) is 7.15. The SMILES string of the molecule is FC(F)Cn1ncc2ncc(N3CCC4(CC3)CC(Nc3ccnc(C(F)(F)F)c3)C4)nc21. The van der Waals surface area contributed by atoms with Gasteiger partial charge < -0.3 is 10.2 Å². The van der Waals surface area contributed by atoms with Gasteiger partial charge in [-0.1, -0.05) is 0 Å². The number of pyridine rings is 1. The average molecular weight is 467 g/mol. The van der Waals surface area contributed by atoms with E-state index in [1.165, 1.54) is 17.1 Å². The number of nitrogens with zero attached hydrogens (tertiary/aromatic N) is 6. The summed E-state index contributed by atoms with van der Waals surface area (Å²) in [7, 11) is 0. The van der Waals surface area contributed by atoms with Crippen molar-refractivity contribution in [3.05, 3.63) is 36.4 Å². The molecule has 3 aromatic rings. The lowest BCUT2D eigenvalue weighted by atomic mass is 9.60. The van der Waals surface area contributed by atoms with E-state index in [-0.39, 0.29) is 11.5 Å². The first-order chi connectivity index (χ1) is 15.7. The monoisotopic (exact) mass is 467 g/mol. The van der Waals surface area contributed by atoms with Crippen LogP contribution in [0.3, 0.4) is 0 Å². The third-order valence-corrected chi connectivity index (χ3v) is 6.57. The van der Waals surface area contributed by atoms with Crippen LogP contribution in [0.2, 0.25) is 0 Å². The first-order valence-corrected chi connectivity index (χ1v) is 10.7. The largest absolute Gasteiger partial charge is 0.433 e. The molecule has 33 heavy (non-hydrogen) atoms. The van der Waals surface area contributed by atoms with Gasteiger partial charge in [-0.05, 0) is 43.2 Å². The fourth-order valence-electron chi connectivity index (χ4n) is 4.87. The predicted octanol–water partition coefficient (Wildman–Crippen LogP) is 4.37. The molecule has 2 fully saturated rings. The van der Waals surface area contributed by atoms with Crippen LogP contribution < -0.4 is 10.2 Å². The number of alkyl halides is 5. The van der Waals surface area contributed by atoms with Crippen molar-refractivity contribution in [3.8, 4) is 0 Å². The third kappa shape index (κ3) is 4.42. The minimum atomic E-state index is -4.46. The Hall–Kier alpha value is -3.05. The Morgan fingerprint density at radius 1 is 1.12 bits per heavy atom. The van der Waals surface area contributed by atoms with Crippen LogP contribution in [0.1, 0.15) is 31.4 Å². The second-order valence-corrected chi connectivity index (χ2v) is 8.82. The summed E-state index contributed by atoms with van der Waals surface area (Å²) < 4.78 is 65.3. The van der Waals surface area contributed by atoms with Crippen molar-refractivity contribution in [1.82, 2.24) is 24.7 Å². The molecule has 0 unspecified atom stereocenters. The number of aromatic nitrogens is 5. The molecular weight excluding hydrogens is 445 g/mol. The summed E-state index contributed by atoms with van der Waals surface area (Å²) in [6, 6.07) is 2.72. The number of halogens is 5. The van der Waals surface area contributed by atoms with Gasteiger partial charge in [-0.25, -0.2) is 23.4 Å². The first kappa shape index (κ1) is 21.8. The summed E-state index contributed by atoms with van der Waals surface area (Å²) in [5.74, 6) is 0.638. The quantitative estimate of drug-likeness (QED) is 0.562. The van der Waals surface area contributed by atoms with Crippen molar-refractivity contribution < 1.29 is 22.0 Å². The summed E-state index contributed by atoms with van der Waals surface area (Å²) in [4.78, 5) is 14.3. The summed E-state index contributed by atoms with van der Waals surface area (Å²) >= 11 is 0. The van der Waals surface area contributed by atoms with Crippen LogP contribution in [-0.2, 0) is 12.7 Å². The van der Waals surface area contributed by atoms with Crippen molar-refractivity contribution in [2.75, 3.05) is 23.3 Å². The van der Waals surface area contributed by atoms with Crippen molar-refractivity contribution in [2.24, 2.45) is 5.41 Å². The Bertz CT molecular complexity index is 1130. The molecule has 0 atom stereocenters. The first-order valence-electron chi connectivity index (χ1n) is 10.7. The summed E-state index contributed by atoms with van der Waals surface area (Å²) in [6.07, 6.45) is 0.866. The zero-order valence-corrected chi connectivity index (χ0v) is 17.6. The van der Waals surface area contributed by atoms with Crippen LogP contribution >= 0.6 is 0 Å². The molecule has 5 rings (SSSR count). The second kappa shape index (κ2) is 8.07. The van der Waals surface area contributed by atoms with Crippen molar-refractivity contribution in [3.63, 3.8) is 0 Å². The number of nitrogens with one attached hydrogen (secondary N) is 1. The van der Waals surface area contributed by atoms with Gasteiger partial charge in [0.1, 0.15) is 23.6 Å². The fraction of sp³-hybridized carbons (Fsp3) is 0.524. The van der Waals surface area contributed by atoms with Gasteiger partial charge in [0, 0.05) is 31.0 Å². The van der Waals surface area contributed by atoms with Gasteiger partial charge in [-0.15, -0.1) is 0 Å². The van der Waals surface area contributed by atoms with Crippen LogP contribution in [0, 0.1) is 5.41 Å². The number of hydrogen-bond donors (Lipinski definition) is 1. The van der Waals surface area contributed by atoms with E-state index in [0.717, 1.165) is 44.8 Å². The van der Waals surface area contributed by atoms with Gasteiger partial charge in [0.15, 0.2) is 5.65 Å². The van der Waals surface area contributed by atoms with Gasteiger partial charge in [0.05, 0.1) is 12.4 Å². The van der Waals surface area contributed by atoms with E-state index in [1.807, 2.05) is 0 Å². The molecule has 3 aromatic heterocycles. The van der Waals surface area contributed by atoms with Crippen molar-refractivity contribution in [2.45, 2.75) is 50.9 Å². The van der Waals surface area contributed by atoms with Crippen LogP contribution in [0.4, 0.5) is 33.5 Å². The van der Waals surface area contributed by atoms with Crippen molar-refractivity contribution >= 4 is 22.7 Å². The molecule has 7 nitrogen and oxygen atoms in total. The predicted molar refractivity (Wildman–Crippen MR) is 111 cm³/mol. The molecule has 1 saturated heterocycles. The molecule has 1 N–H and O–H groups in total. The third-order valence-electron chi connectivity index (χ3n) is 6.57. The van der Waals surface area contributed by atoms with E-state index in [2.05, 4.69) is 30.3 Å². The highest BCUT2D eigenvalue weighted by Gasteiger charge is 2.46. The van der Waals surface area contributed by atoms with Gasteiger partial charge in [0.25, 0.3) is 6.43 Å². The lowest BCUT2D eigenvalue weighted by molar-refractivity contribution is -0.141. The molecule has 0 bridgehead atoms. The highest BCUT2D eigenvalue weighted by atomic mass is 19.4. The number of rotatable bonds is 5. The zero-order chi connectivity index (χ0) is 23.2. The standard InChI is InChI=1S/C21H22F5N7/c22-17(23)12-33-19-15(10-29-33)28-11-18(31-19)32-5-2-20(3-6-32)8-14(9-20)30-13-1-4-27-16(7-13)21(24,25)26/h1,4,7,10-11,14,17H,2-3,5-6,8-9,12H2,(H,27,30). The molecule has 1 saturated carbocycles. The van der Waals surface area contributed by atoms with Gasteiger partial charge in [-0.2, -0.15) is 18.3 Å². The zero-order valence-electron chi connectivity index (χ0n) is 17.6. The van der Waals surface area contributed by atoms with E-state index < -0.39 is 24.8 Å². The molecule has 1 aliphatic carbocycles. The average Bonchev–Trinajstić information content (AvgIpc) is 3.14. The van der Waals surface area contributed by atoms with Crippen LogP contribution in [0.25, 0.3) is 11.2 Å². The number of piperidine rings is 1. The van der Waals surface area contributed by atoms with E-state index in [0.29, 0.717) is 22.7 Å². The smallest absolute Gasteiger partial charge is 0.382 e. The maximum Gasteiger partial charge on any atom is 0.433 e. The summed E-state index contributed by atoms with van der Waals surface area (Å²) in [6.45, 7) is 0.980. The Morgan fingerprint density at radius 2 is 1.88 bits per heavy atom. The lowest BCUT2D eigenvalue weighted by Crippen LogP contribution is -2.51. The maximum absolute atomic E-state index is 12.9. The van der Waals surface area contributed by atoms with Crippen molar-refractivity contribution in [1.29, 1.82) is 0 Å². The Balaban J connectivity index is 1.19. The van der Waals surface area contributed by atoms with E-state index in [4.69, 9.17) is 0 Å². The van der Waals surface area contributed by atoms with Crippen LogP contribution in [0.15, 0.2) is 30.7 Å². The Kier molecular flexibility index (Phi) is 5.32. The highest BCUT2D eigenvalue weighted by Crippen LogP contribution is 2.50. The van der Waals surface area contributed by atoms with Crippen LogP contribution in [0.5, 0.6) is 0 Å². The molecule has 4 heterocycles. The number of anilines is 2. The molecule has 2 aliphatic rings. The molecule has 0 aromatic carbocycles. The minimum Gasteiger partial charge on any atom is -0.382 e. The van der Waals surface area contributed by atoms with E-state index in [9.17, 15) is 22.0 Å². The van der Waals surface area contributed by atoms with E-state index >= 15 is 0 Å². The fourth-order valence-corrected chi connectivity index (χ4v) is 4.87. The Labute approximate surface area is 186 Å². The summed E-state index contributed by atoms with van der Waals surface area (Å²) in [5.41, 5.74) is 0.506. The van der Waals surface area contributed by atoms with Gasteiger partial charge in [0.2, 0.25) is 0 Å². The minimum absolute atomic E-state index is 0.125. The molecule has 0 radical (unpaired) electrons. The number of hydrogen-bond acceptors (Lipinski definition) is 6. The van der Waals surface area contributed by atoms with Gasteiger partial charge >= 0.3 is 6.18 Å². The maximum atomic E-state index is 12.9. The highest BCUT2D eigenvalue weighted by molar-refractivity contribution is 5.71. The molecular formula is C21H22F5N7. The molecule has 176 valence electrons. The molecule has 12 heteroatoms. The number of fused-ring (bicyclic) bond motifs is 1.